The van der Waals surface area contributed by atoms with Crippen LogP contribution in [0.1, 0.15) is 18.1 Å². The Morgan fingerprint density at radius 2 is 1.83 bits per heavy atom. The van der Waals surface area contributed by atoms with E-state index >= 15 is 0 Å². The molecule has 1 atom stereocenters. The quantitative estimate of drug-likeness (QED) is 0.403. The zero-order valence-electron chi connectivity index (χ0n) is 19.2. The fraction of sp³-hybridized carbons (Fsp3) is 0.231. The van der Waals surface area contributed by atoms with E-state index in [1.165, 1.54) is 24.3 Å². The van der Waals surface area contributed by atoms with Crippen molar-refractivity contribution in [1.29, 1.82) is 0 Å². The van der Waals surface area contributed by atoms with Crippen molar-refractivity contribution < 1.29 is 27.1 Å². The summed E-state index contributed by atoms with van der Waals surface area (Å²) in [5.41, 5.74) is 0.263. The Kier molecular flexibility index (Phi) is 6.03. The van der Waals surface area contributed by atoms with Crippen LogP contribution in [-0.2, 0) is 6.18 Å². The Balaban J connectivity index is 1.42. The molecule has 0 aliphatic carbocycles. The zero-order valence-corrected chi connectivity index (χ0v) is 19.2. The lowest BCUT2D eigenvalue weighted by molar-refractivity contribution is -0.137. The number of aliphatic imine (C=N–C) groups is 1. The molecule has 5 rings (SSSR count). The van der Waals surface area contributed by atoms with Gasteiger partial charge >= 0.3 is 12.2 Å². The van der Waals surface area contributed by atoms with Crippen LogP contribution in [0.15, 0.2) is 71.7 Å². The van der Waals surface area contributed by atoms with E-state index in [1.54, 1.807) is 35.2 Å². The number of fused-ring (bicyclic) bond motifs is 2. The number of amidine groups is 1. The molecule has 1 saturated heterocycles. The topological polar surface area (TPSA) is 57.2 Å². The first-order valence-electron chi connectivity index (χ1n) is 11.3. The number of amides is 2. The number of piperazine rings is 1. The average Bonchev–Trinajstić information content (AvgIpc) is 2.99. The highest BCUT2D eigenvalue weighted by Gasteiger charge is 2.34. The van der Waals surface area contributed by atoms with Crippen molar-refractivity contribution in [2.75, 3.05) is 25.0 Å². The van der Waals surface area contributed by atoms with Crippen LogP contribution in [0.25, 0.3) is 0 Å². The maximum atomic E-state index is 13.5. The molecule has 2 amide bonds. The van der Waals surface area contributed by atoms with Gasteiger partial charge in [-0.25, -0.2) is 14.2 Å². The second kappa shape index (κ2) is 9.18. The standard InChI is InChI=1S/C26H22F4N4O2/c1-16-15-33(11-12-34(16)25(35)31-19-6-4-5-18(27)14-19)24-20-7-2-3-8-22(20)36-23-10-9-17(26(28,29)30)13-21(23)32-24/h2-10,13-14,16H,11-12,15H2,1H3,(H,31,35)/t16-/m1/s1. The van der Waals surface area contributed by atoms with Crippen molar-refractivity contribution in [3.63, 3.8) is 0 Å². The number of ether oxygens (including phenoxy) is 1. The summed E-state index contributed by atoms with van der Waals surface area (Å²) in [4.78, 5) is 21.0. The summed E-state index contributed by atoms with van der Waals surface area (Å²) in [6.45, 7) is 2.98. The average molecular weight is 498 g/mol. The number of anilines is 1. The van der Waals surface area contributed by atoms with Crippen molar-refractivity contribution in [2.24, 2.45) is 4.99 Å². The number of urea groups is 1. The Morgan fingerprint density at radius 1 is 1.03 bits per heavy atom. The minimum Gasteiger partial charge on any atom is -0.454 e. The van der Waals surface area contributed by atoms with E-state index in [0.717, 1.165) is 12.1 Å². The highest BCUT2D eigenvalue weighted by molar-refractivity contribution is 6.04. The van der Waals surface area contributed by atoms with Crippen LogP contribution in [0.3, 0.4) is 0 Å². The lowest BCUT2D eigenvalue weighted by Crippen LogP contribution is -2.56. The second-order valence-electron chi connectivity index (χ2n) is 8.64. The van der Waals surface area contributed by atoms with Crippen molar-refractivity contribution in [3.8, 4) is 11.5 Å². The number of alkyl halides is 3. The normalized spacial score (nSPS) is 17.4. The van der Waals surface area contributed by atoms with Gasteiger partial charge < -0.3 is 19.9 Å². The number of benzene rings is 3. The first-order chi connectivity index (χ1) is 17.2. The molecule has 0 bridgehead atoms. The smallest absolute Gasteiger partial charge is 0.416 e. The van der Waals surface area contributed by atoms with Gasteiger partial charge in [0.1, 0.15) is 23.1 Å². The van der Waals surface area contributed by atoms with Crippen molar-refractivity contribution in [3.05, 3.63) is 83.7 Å². The fourth-order valence-corrected chi connectivity index (χ4v) is 4.35. The number of carbonyl (C=O) groups excluding carboxylic acids is 1. The molecule has 2 aliphatic rings. The highest BCUT2D eigenvalue weighted by atomic mass is 19.4. The first-order valence-corrected chi connectivity index (χ1v) is 11.3. The predicted molar refractivity (Wildman–Crippen MR) is 127 cm³/mol. The summed E-state index contributed by atoms with van der Waals surface area (Å²) >= 11 is 0. The second-order valence-corrected chi connectivity index (χ2v) is 8.64. The number of para-hydroxylation sites is 1. The molecule has 36 heavy (non-hydrogen) atoms. The van der Waals surface area contributed by atoms with E-state index in [1.807, 2.05) is 11.8 Å². The van der Waals surface area contributed by atoms with Crippen LogP contribution in [0.4, 0.5) is 33.7 Å². The molecule has 3 aromatic rings. The summed E-state index contributed by atoms with van der Waals surface area (Å²) in [6.07, 6.45) is -4.51. The van der Waals surface area contributed by atoms with Gasteiger partial charge in [0.2, 0.25) is 0 Å². The van der Waals surface area contributed by atoms with Gasteiger partial charge in [-0.3, -0.25) is 0 Å². The molecule has 10 heteroatoms. The van der Waals surface area contributed by atoms with Gasteiger partial charge in [-0.05, 0) is 55.5 Å². The molecule has 2 aliphatic heterocycles. The molecule has 0 spiro atoms. The molecule has 2 heterocycles. The number of nitrogens with one attached hydrogen (secondary N) is 1. The van der Waals surface area contributed by atoms with Crippen LogP contribution in [0.5, 0.6) is 11.5 Å². The summed E-state index contributed by atoms with van der Waals surface area (Å²) in [6, 6.07) is 15.4. The molecule has 3 aromatic carbocycles. The van der Waals surface area contributed by atoms with Crippen LogP contribution < -0.4 is 10.1 Å². The van der Waals surface area contributed by atoms with E-state index < -0.39 is 17.6 Å². The van der Waals surface area contributed by atoms with Gasteiger partial charge in [-0.2, -0.15) is 13.2 Å². The van der Waals surface area contributed by atoms with E-state index in [0.29, 0.717) is 42.5 Å². The van der Waals surface area contributed by atoms with Crippen molar-refractivity contribution in [2.45, 2.75) is 19.1 Å². The highest BCUT2D eigenvalue weighted by Crippen LogP contribution is 2.41. The number of nitrogens with zero attached hydrogens (tertiary/aromatic N) is 3. The molecular formula is C26H22F4N4O2. The maximum absolute atomic E-state index is 13.5. The van der Waals surface area contributed by atoms with E-state index in [9.17, 15) is 22.4 Å². The van der Waals surface area contributed by atoms with Gasteiger partial charge in [-0.1, -0.05) is 18.2 Å². The van der Waals surface area contributed by atoms with E-state index in [-0.39, 0.29) is 23.5 Å². The van der Waals surface area contributed by atoms with Gasteiger partial charge in [0.05, 0.1) is 11.1 Å². The molecule has 0 radical (unpaired) electrons. The number of hydrogen-bond acceptors (Lipinski definition) is 4. The number of hydrogen-bond donors (Lipinski definition) is 1. The summed E-state index contributed by atoms with van der Waals surface area (Å²) in [7, 11) is 0. The molecular weight excluding hydrogens is 476 g/mol. The molecule has 0 aromatic heterocycles. The number of halogens is 4. The minimum atomic E-state index is -4.51. The van der Waals surface area contributed by atoms with Crippen LogP contribution in [0.2, 0.25) is 0 Å². The molecule has 1 N–H and O–H groups in total. The number of carbonyl (C=O) groups is 1. The summed E-state index contributed by atoms with van der Waals surface area (Å²) < 4.78 is 59.5. The molecule has 0 saturated carbocycles. The van der Waals surface area contributed by atoms with Gasteiger partial charge in [0, 0.05) is 31.4 Å². The van der Waals surface area contributed by atoms with E-state index in [2.05, 4.69) is 10.3 Å². The van der Waals surface area contributed by atoms with E-state index in [4.69, 9.17) is 4.74 Å². The van der Waals surface area contributed by atoms with Crippen molar-refractivity contribution in [1.82, 2.24) is 9.80 Å². The van der Waals surface area contributed by atoms with Gasteiger partial charge in [0.15, 0.2) is 5.75 Å². The predicted octanol–water partition coefficient (Wildman–Crippen LogP) is 6.27. The van der Waals surface area contributed by atoms with Crippen LogP contribution in [-0.4, -0.2) is 47.3 Å². The lowest BCUT2D eigenvalue weighted by atomic mass is 10.1. The Hall–Kier alpha value is -4.08. The SMILES string of the molecule is C[C@@H]1CN(C2=Nc3cc(C(F)(F)F)ccc3Oc3ccccc32)CCN1C(=O)Nc1cccc(F)c1. The Labute approximate surface area is 204 Å². The summed E-state index contributed by atoms with van der Waals surface area (Å²) in [5, 5.41) is 2.71. The zero-order chi connectivity index (χ0) is 25.4. The molecule has 0 unspecified atom stereocenters. The Morgan fingerprint density at radius 3 is 2.58 bits per heavy atom. The third-order valence-corrected chi connectivity index (χ3v) is 6.12. The van der Waals surface area contributed by atoms with Gasteiger partial charge in [-0.15, -0.1) is 0 Å². The Bertz CT molecular complexity index is 1340. The molecule has 186 valence electrons. The van der Waals surface area contributed by atoms with Crippen LogP contribution >= 0.6 is 0 Å². The monoisotopic (exact) mass is 498 g/mol. The molecule has 1 fully saturated rings. The van der Waals surface area contributed by atoms with Gasteiger partial charge in [0.25, 0.3) is 0 Å². The third kappa shape index (κ3) is 4.71. The molecule has 6 nitrogen and oxygen atoms in total. The van der Waals surface area contributed by atoms with Crippen LogP contribution in [0, 0.1) is 5.82 Å². The number of rotatable bonds is 1. The minimum absolute atomic E-state index is 0.0787. The van der Waals surface area contributed by atoms with Crippen molar-refractivity contribution >= 4 is 23.2 Å². The summed E-state index contributed by atoms with van der Waals surface area (Å²) in [5.74, 6) is 0.730. The lowest BCUT2D eigenvalue weighted by Gasteiger charge is -2.41. The fourth-order valence-electron chi connectivity index (χ4n) is 4.35. The maximum Gasteiger partial charge on any atom is 0.416 e. The largest absolute Gasteiger partial charge is 0.454 e. The first kappa shape index (κ1) is 23.7. The third-order valence-electron chi connectivity index (χ3n) is 6.12.